The number of aliphatic hydroxyl groups excluding tert-OH is 1. The van der Waals surface area contributed by atoms with E-state index in [1.807, 2.05) is 39.5 Å². The predicted octanol–water partition coefficient (Wildman–Crippen LogP) is 5.57. The molecule has 0 aromatic carbocycles. The number of nitrogens with zero attached hydrogens (tertiary/aromatic N) is 3. The number of Topliss-reactive ketones (excluding diaryl/α,β-unsaturated/α-hetero) is 1. The fourth-order valence-corrected chi connectivity index (χ4v) is 5.68. The lowest BCUT2D eigenvalue weighted by Gasteiger charge is -2.25. The van der Waals surface area contributed by atoms with Gasteiger partial charge in [0.05, 0.1) is 16.8 Å². The molecule has 1 aromatic rings. The van der Waals surface area contributed by atoms with E-state index in [0.29, 0.717) is 42.4 Å². The fourth-order valence-electron chi connectivity index (χ4n) is 4.70. The highest BCUT2D eigenvalue weighted by molar-refractivity contribution is 7.99. The van der Waals surface area contributed by atoms with Crippen molar-refractivity contribution in [1.82, 2.24) is 10.3 Å². The number of aromatic nitrogens is 1. The minimum atomic E-state index is -1.10. The largest absolute Gasteiger partial charge is 0.511 e. The molecule has 41 heavy (non-hydrogen) atoms. The topological polar surface area (TPSA) is 151 Å². The summed E-state index contributed by atoms with van der Waals surface area (Å²) in [6.07, 6.45) is 5.03. The van der Waals surface area contributed by atoms with Gasteiger partial charge in [-0.1, -0.05) is 46.2 Å². The summed E-state index contributed by atoms with van der Waals surface area (Å²) in [5, 5.41) is 26.7. The Morgan fingerprint density at radius 2 is 1.95 bits per heavy atom. The number of carboxylic acid groups (broad SMARTS) is 1. The first-order valence-electron chi connectivity index (χ1n) is 14.2. The van der Waals surface area contributed by atoms with Gasteiger partial charge in [-0.2, -0.15) is 11.8 Å². The number of aliphatic hydroxyl groups is 1. The van der Waals surface area contributed by atoms with Gasteiger partial charge in [0, 0.05) is 24.3 Å². The maximum absolute atomic E-state index is 12.5. The van der Waals surface area contributed by atoms with E-state index in [1.165, 1.54) is 18.3 Å². The first-order valence-corrected chi connectivity index (χ1v) is 15.3. The first-order chi connectivity index (χ1) is 19.4. The number of nitrogens with one attached hydrogen (secondary N) is 1. The number of pyridine rings is 1. The van der Waals surface area contributed by atoms with E-state index < -0.39 is 11.5 Å². The highest BCUT2D eigenvalue weighted by atomic mass is 32.2. The van der Waals surface area contributed by atoms with Crippen molar-refractivity contribution in [2.75, 3.05) is 12.4 Å². The number of carboxylic acids is 1. The third-order valence-electron chi connectivity index (χ3n) is 7.14. The number of hydrogen-bond acceptors (Lipinski definition) is 9. The third-order valence-corrected chi connectivity index (χ3v) is 8.24. The van der Waals surface area contributed by atoms with E-state index in [9.17, 15) is 19.5 Å². The number of ketones is 1. The lowest BCUT2D eigenvalue weighted by molar-refractivity contribution is -0.124. The van der Waals surface area contributed by atoms with E-state index >= 15 is 0 Å². The summed E-state index contributed by atoms with van der Waals surface area (Å²) in [6, 6.07) is 2.97. The Bertz CT molecular complexity index is 1200. The van der Waals surface area contributed by atoms with Crippen molar-refractivity contribution in [2.24, 2.45) is 22.0 Å². The Kier molecular flexibility index (Phi) is 13.0. The Balaban J connectivity index is 0.000000289. The van der Waals surface area contributed by atoms with Crippen LogP contribution in [-0.4, -0.2) is 67.6 Å². The number of thioether (sulfide) groups is 1. The van der Waals surface area contributed by atoms with E-state index in [-0.39, 0.29) is 46.4 Å². The lowest BCUT2D eigenvalue weighted by Crippen LogP contribution is -2.41. The van der Waals surface area contributed by atoms with Gasteiger partial charge in [-0.3, -0.25) is 14.6 Å². The molecule has 3 unspecified atom stereocenters. The Labute approximate surface area is 247 Å². The van der Waals surface area contributed by atoms with Crippen LogP contribution in [0.25, 0.3) is 0 Å². The molecule has 0 fully saturated rings. The van der Waals surface area contributed by atoms with Crippen molar-refractivity contribution in [1.29, 1.82) is 0 Å². The molecule has 10 nitrogen and oxygen atoms in total. The molecule has 2 aliphatic rings. The summed E-state index contributed by atoms with van der Waals surface area (Å²) in [6.45, 7) is 14.2. The van der Waals surface area contributed by atoms with E-state index in [2.05, 4.69) is 34.3 Å². The van der Waals surface area contributed by atoms with Crippen molar-refractivity contribution in [3.8, 4) is 0 Å². The molecule has 0 saturated heterocycles. The summed E-state index contributed by atoms with van der Waals surface area (Å²) in [7, 11) is 0. The molecule has 2 heterocycles. The van der Waals surface area contributed by atoms with E-state index in [1.54, 1.807) is 6.92 Å². The van der Waals surface area contributed by atoms with Gasteiger partial charge >= 0.3 is 5.97 Å². The molecule has 0 radical (unpaired) electrons. The quantitative estimate of drug-likeness (QED) is 0.212. The van der Waals surface area contributed by atoms with Crippen LogP contribution in [-0.2, 0) is 14.4 Å². The van der Waals surface area contributed by atoms with Crippen LogP contribution in [0.15, 0.2) is 39.8 Å². The van der Waals surface area contributed by atoms with Crippen LogP contribution in [0.1, 0.15) is 96.6 Å². The van der Waals surface area contributed by atoms with Crippen LogP contribution in [0.3, 0.4) is 0 Å². The molecule has 1 aliphatic heterocycles. The zero-order chi connectivity index (χ0) is 30.7. The number of aromatic carboxylic acids is 1. The number of aliphatic imine (C=N–C) groups is 1. The molecular formula is C30H44N4O6S. The number of hydrogen-bond donors (Lipinski definition) is 3. The first kappa shape index (κ1) is 34.0. The second-order valence-corrected chi connectivity index (χ2v) is 12.4. The molecule has 0 saturated carbocycles. The van der Waals surface area contributed by atoms with Crippen molar-refractivity contribution in [3.63, 3.8) is 0 Å². The fraction of sp³-hybridized carbons (Fsp3) is 0.600. The van der Waals surface area contributed by atoms with Crippen LogP contribution in [0.2, 0.25) is 0 Å². The van der Waals surface area contributed by atoms with Crippen molar-refractivity contribution < 1.29 is 29.4 Å². The average molecular weight is 589 g/mol. The van der Waals surface area contributed by atoms with Gasteiger partial charge < -0.3 is 20.4 Å². The van der Waals surface area contributed by atoms with Crippen LogP contribution < -0.4 is 5.32 Å². The summed E-state index contributed by atoms with van der Waals surface area (Å²) < 4.78 is 0. The molecule has 1 amide bonds. The average Bonchev–Trinajstić information content (AvgIpc) is 3.22. The molecule has 226 valence electrons. The minimum absolute atomic E-state index is 0.00184. The number of oxime groups is 1. The Morgan fingerprint density at radius 1 is 1.24 bits per heavy atom. The minimum Gasteiger partial charge on any atom is -0.511 e. The highest BCUT2D eigenvalue weighted by Gasteiger charge is 2.43. The van der Waals surface area contributed by atoms with Crippen molar-refractivity contribution in [2.45, 2.75) is 91.4 Å². The van der Waals surface area contributed by atoms with Gasteiger partial charge in [0.1, 0.15) is 23.6 Å². The summed E-state index contributed by atoms with van der Waals surface area (Å²) >= 11 is 1.90. The SMILES string of the molecule is CC(C)C1(C)N=C(c2ncccc2C(=O)O)NC1=O.CCC/C(=N\OCC)C1=C(O)CC(CC(C)SCC)CC1=O. The number of carbonyl (C=O) groups excluding carboxylic acids is 2. The molecule has 0 bridgehead atoms. The van der Waals surface area contributed by atoms with Crippen LogP contribution in [0.5, 0.6) is 0 Å². The van der Waals surface area contributed by atoms with Crippen LogP contribution in [0, 0.1) is 11.8 Å². The maximum Gasteiger partial charge on any atom is 0.338 e. The number of carbonyl (C=O) groups is 3. The van der Waals surface area contributed by atoms with Gasteiger partial charge in [0.15, 0.2) is 11.6 Å². The molecule has 0 spiro atoms. The van der Waals surface area contributed by atoms with Crippen molar-refractivity contribution in [3.05, 3.63) is 40.9 Å². The molecule has 1 aromatic heterocycles. The zero-order valence-electron chi connectivity index (χ0n) is 25.2. The number of amides is 1. The number of rotatable bonds is 12. The Morgan fingerprint density at radius 3 is 2.49 bits per heavy atom. The molecular weight excluding hydrogens is 544 g/mol. The standard InChI is InChI=1S/C17H29NO3S.C13H15N3O3/c1-5-8-14(18-21-6-2)17-15(19)10-13(11-16(17)20)9-12(4)22-7-3;1-7(2)13(3)12(19)15-10(16-13)9-8(11(17)18)5-4-6-14-9/h12-13,19H,5-11H2,1-4H3;4-7H,1-3H3,(H,17,18)(H,15,16,19)/b18-14+;. The van der Waals surface area contributed by atoms with Crippen LogP contribution in [0.4, 0.5) is 0 Å². The summed E-state index contributed by atoms with van der Waals surface area (Å²) in [4.78, 5) is 49.1. The van der Waals surface area contributed by atoms with Gasteiger partial charge in [0.25, 0.3) is 5.91 Å². The zero-order valence-corrected chi connectivity index (χ0v) is 26.0. The molecule has 11 heteroatoms. The summed E-state index contributed by atoms with van der Waals surface area (Å²) in [5.41, 5.74) is 0.328. The van der Waals surface area contributed by atoms with Crippen molar-refractivity contribution >= 4 is 41.0 Å². The Hall–Kier alpha value is -3.21. The third kappa shape index (κ3) is 8.89. The highest BCUT2D eigenvalue weighted by Crippen LogP contribution is 2.33. The molecule has 3 rings (SSSR count). The molecule has 3 N–H and O–H groups in total. The predicted molar refractivity (Wildman–Crippen MR) is 163 cm³/mol. The maximum atomic E-state index is 12.5. The summed E-state index contributed by atoms with van der Waals surface area (Å²) in [5.74, 6) is 0.409. The monoisotopic (exact) mass is 588 g/mol. The van der Waals surface area contributed by atoms with Gasteiger partial charge in [-0.15, -0.1) is 0 Å². The molecule has 1 aliphatic carbocycles. The second kappa shape index (κ2) is 15.7. The van der Waals surface area contributed by atoms with Crippen LogP contribution >= 0.6 is 11.8 Å². The van der Waals surface area contributed by atoms with E-state index in [4.69, 9.17) is 9.94 Å². The number of allylic oxidation sites excluding steroid dienone is 2. The smallest absolute Gasteiger partial charge is 0.338 e. The number of amidine groups is 1. The van der Waals surface area contributed by atoms with Gasteiger partial charge in [-0.25, -0.2) is 9.79 Å². The second-order valence-electron chi connectivity index (χ2n) is 10.6. The lowest BCUT2D eigenvalue weighted by atomic mass is 9.82. The van der Waals surface area contributed by atoms with Gasteiger partial charge in [0.2, 0.25) is 0 Å². The molecule has 3 atom stereocenters. The normalized spacial score (nSPS) is 21.7. The van der Waals surface area contributed by atoms with Gasteiger partial charge in [-0.05, 0) is 56.4 Å². The van der Waals surface area contributed by atoms with E-state index in [0.717, 1.165) is 18.6 Å².